The number of hydrogen-bond acceptors (Lipinski definition) is 4. The fourth-order valence-corrected chi connectivity index (χ4v) is 2.82. The zero-order valence-corrected chi connectivity index (χ0v) is 12.8. The molecule has 1 amide bonds. The van der Waals surface area contributed by atoms with Gasteiger partial charge in [0.2, 0.25) is 5.91 Å². The molecule has 0 saturated heterocycles. The summed E-state index contributed by atoms with van der Waals surface area (Å²) in [5.74, 6) is 0.163. The molecule has 1 N–H and O–H groups in total. The smallest absolute Gasteiger partial charge is 0.269 e. The van der Waals surface area contributed by atoms with Crippen LogP contribution in [-0.2, 0) is 11.2 Å². The van der Waals surface area contributed by atoms with Gasteiger partial charge in [0.05, 0.1) is 4.92 Å². The van der Waals surface area contributed by atoms with Crippen molar-refractivity contribution in [2.24, 2.45) is 0 Å². The Morgan fingerprint density at radius 1 is 1.13 bits per heavy atom. The number of hydrogen-bond donors (Lipinski definition) is 1. The second-order valence-corrected chi connectivity index (χ2v) is 5.41. The summed E-state index contributed by atoms with van der Waals surface area (Å²) in [5, 5.41) is 13.9. The van der Waals surface area contributed by atoms with Crippen LogP contribution in [0, 0.1) is 10.1 Å². The highest BCUT2D eigenvalue weighted by atomic mass is 16.6. The second kappa shape index (κ2) is 6.08. The van der Waals surface area contributed by atoms with E-state index in [-0.39, 0.29) is 11.6 Å². The molecule has 23 heavy (non-hydrogen) atoms. The van der Waals surface area contributed by atoms with Gasteiger partial charge in [0, 0.05) is 42.2 Å². The summed E-state index contributed by atoms with van der Waals surface area (Å²) in [6, 6.07) is 12.2. The molecule has 0 unspecified atom stereocenters. The van der Waals surface area contributed by atoms with Gasteiger partial charge in [-0.15, -0.1) is 0 Å². The minimum Gasteiger partial charge on any atom is -0.356 e. The van der Waals surface area contributed by atoms with E-state index in [1.165, 1.54) is 12.1 Å². The van der Waals surface area contributed by atoms with Crippen LogP contribution in [0.4, 0.5) is 22.7 Å². The molecule has 1 aliphatic rings. The van der Waals surface area contributed by atoms with Crippen LogP contribution < -0.4 is 10.2 Å². The lowest BCUT2D eigenvalue weighted by Crippen LogP contribution is -2.34. The van der Waals surface area contributed by atoms with Gasteiger partial charge in [0.1, 0.15) is 0 Å². The Hall–Kier alpha value is -2.89. The summed E-state index contributed by atoms with van der Waals surface area (Å²) in [6.45, 7) is 2.64. The number of amides is 1. The quantitative estimate of drug-likeness (QED) is 0.691. The van der Waals surface area contributed by atoms with E-state index in [0.29, 0.717) is 13.0 Å². The van der Waals surface area contributed by atoms with E-state index in [1.807, 2.05) is 25.1 Å². The van der Waals surface area contributed by atoms with E-state index >= 15 is 0 Å². The van der Waals surface area contributed by atoms with Gasteiger partial charge in [-0.1, -0.05) is 0 Å². The molecule has 6 nitrogen and oxygen atoms in total. The first-order chi connectivity index (χ1) is 11.1. The summed E-state index contributed by atoms with van der Waals surface area (Å²) in [6.07, 6.45) is 1.27. The normalized spacial score (nSPS) is 13.6. The van der Waals surface area contributed by atoms with Crippen LogP contribution in [-0.4, -0.2) is 17.4 Å². The van der Waals surface area contributed by atoms with E-state index in [4.69, 9.17) is 0 Å². The standard InChI is InChI=1S/C17H17N3O3/c1-2-19-16-9-6-14(11-12(16)3-10-17(19)21)18-13-4-7-15(8-5-13)20(22)23/h4-9,11,18H,2-3,10H2,1H3. The van der Waals surface area contributed by atoms with Gasteiger partial charge in [0.25, 0.3) is 5.69 Å². The molecule has 3 rings (SSSR count). The van der Waals surface area contributed by atoms with Crippen LogP contribution in [0.5, 0.6) is 0 Å². The van der Waals surface area contributed by atoms with Gasteiger partial charge in [-0.05, 0) is 49.2 Å². The van der Waals surface area contributed by atoms with Crippen LogP contribution in [0.2, 0.25) is 0 Å². The summed E-state index contributed by atoms with van der Waals surface area (Å²) in [7, 11) is 0. The number of nitro benzene ring substituents is 1. The van der Waals surface area contributed by atoms with Crippen molar-refractivity contribution < 1.29 is 9.72 Å². The number of carbonyl (C=O) groups is 1. The number of carbonyl (C=O) groups excluding carboxylic acids is 1. The number of fused-ring (bicyclic) bond motifs is 1. The first-order valence-corrected chi connectivity index (χ1v) is 7.53. The number of rotatable bonds is 4. The van der Waals surface area contributed by atoms with Crippen molar-refractivity contribution in [1.29, 1.82) is 0 Å². The number of benzene rings is 2. The van der Waals surface area contributed by atoms with Crippen LogP contribution in [0.25, 0.3) is 0 Å². The SMILES string of the molecule is CCN1C(=O)CCc2cc(Nc3ccc([N+](=O)[O-])cc3)ccc21. The van der Waals surface area contributed by atoms with Gasteiger partial charge in [-0.3, -0.25) is 14.9 Å². The average molecular weight is 311 g/mol. The van der Waals surface area contributed by atoms with Crippen molar-refractivity contribution in [2.75, 3.05) is 16.8 Å². The van der Waals surface area contributed by atoms with Crippen LogP contribution in [0.3, 0.4) is 0 Å². The predicted molar refractivity (Wildman–Crippen MR) is 89.2 cm³/mol. The highest BCUT2D eigenvalue weighted by Crippen LogP contribution is 2.31. The third-order valence-electron chi connectivity index (χ3n) is 3.96. The summed E-state index contributed by atoms with van der Waals surface area (Å²) < 4.78 is 0. The van der Waals surface area contributed by atoms with E-state index in [1.54, 1.807) is 17.0 Å². The molecule has 0 spiro atoms. The lowest BCUT2D eigenvalue weighted by atomic mass is 10.0. The third-order valence-corrected chi connectivity index (χ3v) is 3.96. The molecule has 118 valence electrons. The third kappa shape index (κ3) is 3.01. The van der Waals surface area contributed by atoms with Gasteiger partial charge in [0.15, 0.2) is 0 Å². The lowest BCUT2D eigenvalue weighted by molar-refractivity contribution is -0.384. The molecular formula is C17H17N3O3. The Bertz CT molecular complexity index is 756. The van der Waals surface area contributed by atoms with E-state index < -0.39 is 4.92 Å². The fourth-order valence-electron chi connectivity index (χ4n) is 2.82. The topological polar surface area (TPSA) is 75.5 Å². The van der Waals surface area contributed by atoms with Crippen molar-refractivity contribution >= 4 is 28.7 Å². The van der Waals surface area contributed by atoms with E-state index in [0.717, 1.165) is 29.0 Å². The summed E-state index contributed by atoms with van der Waals surface area (Å²) >= 11 is 0. The van der Waals surface area contributed by atoms with Crippen molar-refractivity contribution in [3.8, 4) is 0 Å². The lowest BCUT2D eigenvalue weighted by Gasteiger charge is -2.28. The highest BCUT2D eigenvalue weighted by molar-refractivity contribution is 5.96. The van der Waals surface area contributed by atoms with E-state index in [9.17, 15) is 14.9 Å². The number of anilines is 3. The Morgan fingerprint density at radius 2 is 1.83 bits per heavy atom. The number of nitrogens with one attached hydrogen (secondary N) is 1. The second-order valence-electron chi connectivity index (χ2n) is 5.41. The number of nitrogens with zero attached hydrogens (tertiary/aromatic N) is 2. The monoisotopic (exact) mass is 311 g/mol. The van der Waals surface area contributed by atoms with Crippen molar-refractivity contribution in [3.05, 3.63) is 58.1 Å². The van der Waals surface area contributed by atoms with E-state index in [2.05, 4.69) is 5.32 Å². The molecule has 0 bridgehead atoms. The zero-order chi connectivity index (χ0) is 16.4. The summed E-state index contributed by atoms with van der Waals surface area (Å²) in [5.41, 5.74) is 3.87. The molecule has 0 aliphatic carbocycles. The minimum atomic E-state index is -0.418. The number of aryl methyl sites for hydroxylation is 1. The maximum Gasteiger partial charge on any atom is 0.269 e. The number of non-ortho nitro benzene ring substituents is 1. The molecule has 0 saturated carbocycles. The molecule has 2 aromatic carbocycles. The van der Waals surface area contributed by atoms with Crippen molar-refractivity contribution in [1.82, 2.24) is 0 Å². The van der Waals surface area contributed by atoms with Crippen LogP contribution >= 0.6 is 0 Å². The molecular weight excluding hydrogens is 294 g/mol. The largest absolute Gasteiger partial charge is 0.356 e. The van der Waals surface area contributed by atoms with Crippen LogP contribution in [0.15, 0.2) is 42.5 Å². The molecule has 6 heteroatoms. The molecule has 1 heterocycles. The van der Waals surface area contributed by atoms with Gasteiger partial charge >= 0.3 is 0 Å². The fraction of sp³-hybridized carbons (Fsp3) is 0.235. The summed E-state index contributed by atoms with van der Waals surface area (Å²) in [4.78, 5) is 24.0. The highest BCUT2D eigenvalue weighted by Gasteiger charge is 2.22. The Labute approximate surface area is 133 Å². The maximum absolute atomic E-state index is 11.9. The molecule has 0 aromatic heterocycles. The van der Waals surface area contributed by atoms with Gasteiger partial charge in [-0.2, -0.15) is 0 Å². The molecule has 2 aromatic rings. The number of nitro groups is 1. The Balaban J connectivity index is 1.82. The molecule has 0 radical (unpaired) electrons. The first-order valence-electron chi connectivity index (χ1n) is 7.53. The molecule has 1 aliphatic heterocycles. The van der Waals surface area contributed by atoms with Gasteiger partial charge < -0.3 is 10.2 Å². The molecule has 0 fully saturated rings. The minimum absolute atomic E-state index is 0.0677. The van der Waals surface area contributed by atoms with Crippen molar-refractivity contribution in [2.45, 2.75) is 19.8 Å². The molecule has 0 atom stereocenters. The average Bonchev–Trinajstić information content (AvgIpc) is 2.55. The zero-order valence-electron chi connectivity index (χ0n) is 12.8. The predicted octanol–water partition coefficient (Wildman–Crippen LogP) is 3.64. The van der Waals surface area contributed by atoms with Crippen LogP contribution in [0.1, 0.15) is 18.9 Å². The Kier molecular flexibility index (Phi) is 3.97. The maximum atomic E-state index is 11.9. The van der Waals surface area contributed by atoms with Gasteiger partial charge in [-0.25, -0.2) is 0 Å². The Morgan fingerprint density at radius 3 is 2.48 bits per heavy atom. The first kappa shape index (κ1) is 15.0. The van der Waals surface area contributed by atoms with Crippen molar-refractivity contribution in [3.63, 3.8) is 0 Å².